The van der Waals surface area contributed by atoms with Gasteiger partial charge in [0, 0.05) is 69.7 Å². The third kappa shape index (κ3) is 11.9. The molecule has 0 spiro atoms. The topological polar surface area (TPSA) is 74.3 Å². The highest BCUT2D eigenvalue weighted by molar-refractivity contribution is 7.99. The Morgan fingerprint density at radius 2 is 1.90 bits per heavy atom. The molecule has 1 fully saturated rings. The van der Waals surface area contributed by atoms with E-state index in [1.807, 2.05) is 14.0 Å². The fourth-order valence-corrected chi connectivity index (χ4v) is 8.39. The number of allylic oxidation sites excluding steroid dienone is 2. The third-order valence-electron chi connectivity index (χ3n) is 10.1. The van der Waals surface area contributed by atoms with Gasteiger partial charge in [0.05, 0.1) is 18.8 Å². The zero-order valence-electron chi connectivity index (χ0n) is 31.4. The highest BCUT2D eigenvalue weighted by atomic mass is 32.2. The van der Waals surface area contributed by atoms with Crippen molar-refractivity contribution in [2.24, 2.45) is 5.41 Å². The van der Waals surface area contributed by atoms with Gasteiger partial charge < -0.3 is 29.7 Å². The van der Waals surface area contributed by atoms with Crippen LogP contribution in [0.15, 0.2) is 71.2 Å². The Labute approximate surface area is 301 Å². The summed E-state index contributed by atoms with van der Waals surface area (Å²) in [6.45, 7) is 7.41. The van der Waals surface area contributed by atoms with Crippen LogP contribution in [0.1, 0.15) is 95.6 Å². The summed E-state index contributed by atoms with van der Waals surface area (Å²) in [5.41, 5.74) is 7.13. The maximum atomic E-state index is 10.8. The van der Waals surface area contributed by atoms with Crippen LogP contribution >= 0.6 is 11.8 Å². The SMILES string of the molecule is CC1CC(OCC2=CCCC=C2)CC(N(C)C=O)O1.CCCC[C@]1(CC)CSc2ccc(N(C)C)cc2[C@@H](c2cccc(NC)c2)C1.CO. The Bertz CT molecular complexity index is 1350. The summed E-state index contributed by atoms with van der Waals surface area (Å²) in [5.74, 6) is 1.69. The number of ether oxygens (including phenoxy) is 2. The zero-order chi connectivity index (χ0) is 35.8. The van der Waals surface area contributed by atoms with Crippen molar-refractivity contribution < 1.29 is 19.4 Å². The van der Waals surface area contributed by atoms with Crippen molar-refractivity contribution in [3.05, 3.63) is 77.4 Å². The molecule has 1 amide bonds. The number of aliphatic hydroxyl groups is 1. The third-order valence-corrected chi connectivity index (χ3v) is 11.5. The van der Waals surface area contributed by atoms with Crippen LogP contribution < -0.4 is 10.2 Å². The lowest BCUT2D eigenvalue weighted by Crippen LogP contribution is -2.44. The Morgan fingerprint density at radius 3 is 2.55 bits per heavy atom. The number of benzene rings is 2. The minimum atomic E-state index is -0.165. The van der Waals surface area contributed by atoms with E-state index in [0.717, 1.165) is 39.2 Å². The van der Waals surface area contributed by atoms with Gasteiger partial charge in [0.2, 0.25) is 6.41 Å². The molecule has 49 heavy (non-hydrogen) atoms. The largest absolute Gasteiger partial charge is 0.400 e. The lowest BCUT2D eigenvalue weighted by atomic mass is 9.71. The van der Waals surface area contributed by atoms with Gasteiger partial charge in [0.15, 0.2) is 0 Å². The molecule has 0 radical (unpaired) electrons. The molecule has 3 unspecified atom stereocenters. The second-order valence-electron chi connectivity index (χ2n) is 13.8. The highest BCUT2D eigenvalue weighted by Gasteiger charge is 2.36. The summed E-state index contributed by atoms with van der Waals surface area (Å²) in [5, 5.41) is 10.3. The quantitative estimate of drug-likeness (QED) is 0.215. The molecular weight excluding hydrogens is 631 g/mol. The molecule has 8 heteroatoms. The Hall–Kier alpha value is -2.78. The number of hydrogen-bond acceptors (Lipinski definition) is 7. The standard InChI is InChI=1S/C25H36N2S.C15H23NO3.CH4O/c1-6-8-14-25(7-2)17-23(19-10-9-11-20(15-19)26-3)22-16-21(27(4)5)12-13-24(22)28-18-25;1-12-8-14(9-15(19-12)16(2)11-17)18-10-13-6-4-3-5-7-13;1-2/h9-13,15-16,23,26H,6-8,14,17-18H2,1-5H3;4,6-7,11-12,14-15H,3,5,8-10H2,1-2H3;2H,1H3/t23-,25+;;/m1../s1. The van der Waals surface area contributed by atoms with E-state index in [2.05, 4.69) is 111 Å². The molecule has 2 aromatic carbocycles. The summed E-state index contributed by atoms with van der Waals surface area (Å²) < 4.78 is 11.7. The molecule has 2 heterocycles. The van der Waals surface area contributed by atoms with Crippen molar-refractivity contribution >= 4 is 29.5 Å². The molecular formula is C41H63N3O4S. The van der Waals surface area contributed by atoms with Crippen molar-refractivity contribution in [1.29, 1.82) is 0 Å². The van der Waals surface area contributed by atoms with E-state index >= 15 is 0 Å². The molecule has 2 N–H and O–H groups in total. The summed E-state index contributed by atoms with van der Waals surface area (Å²) in [6, 6.07) is 16.1. The van der Waals surface area contributed by atoms with Crippen molar-refractivity contribution in [2.75, 3.05) is 57.9 Å². The summed E-state index contributed by atoms with van der Waals surface area (Å²) >= 11 is 2.09. The van der Waals surface area contributed by atoms with Crippen LogP contribution in [0.4, 0.5) is 11.4 Å². The molecule has 2 aromatic rings. The maximum Gasteiger partial charge on any atom is 0.211 e. The van der Waals surface area contributed by atoms with E-state index in [1.54, 1.807) is 11.9 Å². The predicted molar refractivity (Wildman–Crippen MR) is 208 cm³/mol. The van der Waals surface area contributed by atoms with Gasteiger partial charge in [-0.3, -0.25) is 4.79 Å². The Morgan fingerprint density at radius 1 is 1.10 bits per heavy atom. The molecule has 3 aliphatic rings. The molecule has 5 rings (SSSR count). The monoisotopic (exact) mass is 693 g/mol. The minimum Gasteiger partial charge on any atom is -0.400 e. The van der Waals surface area contributed by atoms with Gasteiger partial charge in [-0.15, -0.1) is 11.8 Å². The number of amides is 1. The molecule has 272 valence electrons. The molecule has 2 aliphatic heterocycles. The lowest BCUT2D eigenvalue weighted by molar-refractivity contribution is -0.163. The Kier molecular flexibility index (Phi) is 17.2. The van der Waals surface area contributed by atoms with Gasteiger partial charge in [-0.05, 0) is 97.9 Å². The van der Waals surface area contributed by atoms with Crippen molar-refractivity contribution in [3.63, 3.8) is 0 Å². The maximum absolute atomic E-state index is 10.8. The van der Waals surface area contributed by atoms with Crippen molar-refractivity contribution in [1.82, 2.24) is 4.90 Å². The molecule has 1 saturated heterocycles. The van der Waals surface area contributed by atoms with E-state index in [1.165, 1.54) is 70.8 Å². The summed E-state index contributed by atoms with van der Waals surface area (Å²) in [6.07, 6.45) is 17.8. The number of nitrogens with one attached hydrogen (secondary N) is 1. The van der Waals surface area contributed by atoms with Crippen LogP contribution in [0.2, 0.25) is 0 Å². The molecule has 1 aliphatic carbocycles. The number of carbonyl (C=O) groups is 1. The van der Waals surface area contributed by atoms with E-state index in [4.69, 9.17) is 14.6 Å². The number of rotatable bonds is 12. The van der Waals surface area contributed by atoms with Crippen LogP contribution in [0.5, 0.6) is 0 Å². The first kappa shape index (κ1) is 40.6. The van der Waals surface area contributed by atoms with Gasteiger partial charge in [0.25, 0.3) is 0 Å². The summed E-state index contributed by atoms with van der Waals surface area (Å²) in [7, 11) is 9.04. The van der Waals surface area contributed by atoms with E-state index in [-0.39, 0.29) is 18.4 Å². The van der Waals surface area contributed by atoms with E-state index < -0.39 is 0 Å². The minimum absolute atomic E-state index is 0.127. The first-order valence-corrected chi connectivity index (χ1v) is 19.2. The lowest BCUT2D eigenvalue weighted by Gasteiger charge is -2.37. The van der Waals surface area contributed by atoms with Crippen LogP contribution in [0.25, 0.3) is 0 Å². The first-order valence-electron chi connectivity index (χ1n) is 18.2. The van der Waals surface area contributed by atoms with Gasteiger partial charge in [0.1, 0.15) is 6.23 Å². The van der Waals surface area contributed by atoms with Crippen molar-refractivity contribution in [2.45, 2.75) is 108 Å². The molecule has 0 aromatic heterocycles. The van der Waals surface area contributed by atoms with Crippen LogP contribution in [0.3, 0.4) is 0 Å². The molecule has 0 saturated carbocycles. The molecule has 5 atom stereocenters. The summed E-state index contributed by atoms with van der Waals surface area (Å²) in [4.78, 5) is 16.1. The Balaban J connectivity index is 0.000000270. The van der Waals surface area contributed by atoms with E-state index in [9.17, 15) is 4.79 Å². The van der Waals surface area contributed by atoms with Gasteiger partial charge in [-0.1, -0.05) is 57.0 Å². The fraction of sp³-hybridized carbons (Fsp3) is 0.585. The number of aliphatic hydroxyl groups excluding tert-OH is 1. The van der Waals surface area contributed by atoms with Crippen molar-refractivity contribution in [3.8, 4) is 0 Å². The number of carbonyl (C=O) groups excluding carboxylic acids is 1. The highest BCUT2D eigenvalue weighted by Crippen LogP contribution is 2.51. The first-order chi connectivity index (χ1) is 23.7. The number of nitrogens with zero attached hydrogens (tertiary/aromatic N) is 2. The number of fused-ring (bicyclic) bond motifs is 1. The number of anilines is 2. The van der Waals surface area contributed by atoms with Crippen LogP contribution in [-0.2, 0) is 14.3 Å². The normalized spacial score (nSPS) is 24.5. The molecule has 7 nitrogen and oxygen atoms in total. The van der Waals surface area contributed by atoms with Gasteiger partial charge in [-0.2, -0.15) is 0 Å². The second-order valence-corrected chi connectivity index (χ2v) is 14.8. The second kappa shape index (κ2) is 20.8. The van der Waals surface area contributed by atoms with Gasteiger partial charge in [-0.25, -0.2) is 0 Å². The zero-order valence-corrected chi connectivity index (χ0v) is 32.2. The van der Waals surface area contributed by atoms with Crippen LogP contribution in [0, 0.1) is 5.41 Å². The van der Waals surface area contributed by atoms with Gasteiger partial charge >= 0.3 is 0 Å². The van der Waals surface area contributed by atoms with E-state index in [0.29, 0.717) is 17.9 Å². The average molecular weight is 694 g/mol. The molecule has 0 bridgehead atoms. The fourth-order valence-electron chi connectivity index (χ4n) is 6.93. The average Bonchev–Trinajstić information content (AvgIpc) is 3.31. The number of unbranched alkanes of at least 4 members (excludes halogenated alkanes) is 1. The van der Waals surface area contributed by atoms with Crippen LogP contribution in [-0.4, -0.2) is 82.5 Å². The number of thioether (sulfide) groups is 1. The smallest absolute Gasteiger partial charge is 0.211 e. The number of hydrogen-bond donors (Lipinski definition) is 2. The predicted octanol–water partition coefficient (Wildman–Crippen LogP) is 8.88.